The molecular weight excluding hydrogens is 304 g/mol. The first-order chi connectivity index (χ1) is 10.6. The second-order valence-electron chi connectivity index (χ2n) is 4.51. The Kier molecular flexibility index (Phi) is 3.84. The smallest absolute Gasteiger partial charge is 0.294 e. The molecule has 0 aliphatic carbocycles. The number of rotatable bonds is 5. The minimum atomic E-state index is -0.704. The highest BCUT2D eigenvalue weighted by Crippen LogP contribution is 2.22. The molecule has 3 heterocycles. The van der Waals surface area contributed by atoms with Gasteiger partial charge in [-0.2, -0.15) is 4.98 Å². The zero-order valence-electron chi connectivity index (χ0n) is 11.6. The number of carbonyl (C=O) groups is 2. The van der Waals surface area contributed by atoms with Gasteiger partial charge in [-0.25, -0.2) is 0 Å². The van der Waals surface area contributed by atoms with Gasteiger partial charge in [0.15, 0.2) is 5.82 Å². The van der Waals surface area contributed by atoms with Gasteiger partial charge in [0.05, 0.1) is 17.1 Å². The van der Waals surface area contributed by atoms with Crippen LogP contribution in [0, 0.1) is 0 Å². The molecule has 0 atom stereocenters. The van der Waals surface area contributed by atoms with Crippen LogP contribution in [0.4, 0.5) is 0 Å². The molecule has 1 amide bonds. The molecule has 0 unspecified atom stereocenters. The summed E-state index contributed by atoms with van der Waals surface area (Å²) in [6, 6.07) is 7.03. The van der Waals surface area contributed by atoms with Crippen molar-refractivity contribution in [1.29, 1.82) is 0 Å². The van der Waals surface area contributed by atoms with Crippen LogP contribution in [0.5, 0.6) is 0 Å². The highest BCUT2D eigenvalue weighted by molar-refractivity contribution is 7.13. The maximum atomic E-state index is 11.9. The fourth-order valence-electron chi connectivity index (χ4n) is 1.88. The van der Waals surface area contributed by atoms with Crippen molar-refractivity contribution in [3.05, 3.63) is 47.4 Å². The molecule has 0 saturated carbocycles. The van der Waals surface area contributed by atoms with Crippen molar-refractivity contribution in [3.63, 3.8) is 0 Å². The number of ketones is 1. The van der Waals surface area contributed by atoms with E-state index in [9.17, 15) is 9.59 Å². The number of carbonyl (C=O) groups excluding carboxylic acids is 2. The molecule has 112 valence electrons. The lowest BCUT2D eigenvalue weighted by atomic mass is 10.2. The standard InChI is InChI=1S/C14H12N4O3S/c1-18-6-2-4-9(18)12(19)13(20)15-8-11-16-14(21-17-11)10-5-3-7-22-10/h2-7H,8H2,1H3,(H,15,20). The molecular formula is C14H12N4O3S. The largest absolute Gasteiger partial charge is 0.348 e. The number of hydrogen-bond donors (Lipinski definition) is 1. The summed E-state index contributed by atoms with van der Waals surface area (Å²) in [5, 5.41) is 8.16. The Labute approximate surface area is 129 Å². The Morgan fingerprint density at radius 1 is 1.36 bits per heavy atom. The van der Waals surface area contributed by atoms with Gasteiger partial charge in [-0.05, 0) is 23.6 Å². The average molecular weight is 316 g/mol. The fraction of sp³-hybridized carbons (Fsp3) is 0.143. The van der Waals surface area contributed by atoms with E-state index in [1.807, 2.05) is 17.5 Å². The second-order valence-corrected chi connectivity index (χ2v) is 5.46. The number of nitrogens with zero attached hydrogens (tertiary/aromatic N) is 3. The van der Waals surface area contributed by atoms with Gasteiger partial charge in [0.2, 0.25) is 0 Å². The molecule has 0 aliphatic heterocycles. The van der Waals surface area contributed by atoms with Crippen molar-refractivity contribution >= 4 is 23.0 Å². The van der Waals surface area contributed by atoms with E-state index in [4.69, 9.17) is 4.52 Å². The van der Waals surface area contributed by atoms with E-state index >= 15 is 0 Å². The quantitative estimate of drug-likeness (QED) is 0.571. The lowest BCUT2D eigenvalue weighted by Crippen LogP contribution is -2.31. The van der Waals surface area contributed by atoms with Crippen LogP contribution >= 0.6 is 11.3 Å². The normalized spacial score (nSPS) is 10.6. The second kappa shape index (κ2) is 5.94. The zero-order valence-corrected chi connectivity index (χ0v) is 12.5. The highest BCUT2D eigenvalue weighted by Gasteiger charge is 2.19. The topological polar surface area (TPSA) is 90.0 Å². The molecule has 0 fully saturated rings. The molecule has 0 aromatic carbocycles. The first kappa shape index (κ1) is 14.2. The molecule has 0 radical (unpaired) electrons. The van der Waals surface area contributed by atoms with Gasteiger partial charge in [-0.3, -0.25) is 9.59 Å². The van der Waals surface area contributed by atoms with Crippen LogP contribution in [0.15, 0.2) is 40.4 Å². The van der Waals surface area contributed by atoms with Crippen LogP contribution < -0.4 is 5.32 Å². The fourth-order valence-corrected chi connectivity index (χ4v) is 2.52. The van der Waals surface area contributed by atoms with Crippen molar-refractivity contribution in [2.45, 2.75) is 6.54 Å². The number of Topliss-reactive ketones (excluding diaryl/α,β-unsaturated/α-hetero) is 1. The Bertz CT molecular complexity index is 804. The van der Waals surface area contributed by atoms with Gasteiger partial charge in [-0.15, -0.1) is 11.3 Å². The number of aromatic nitrogens is 3. The van der Waals surface area contributed by atoms with E-state index in [-0.39, 0.29) is 6.54 Å². The first-order valence-electron chi connectivity index (χ1n) is 6.45. The number of hydrogen-bond acceptors (Lipinski definition) is 6. The molecule has 3 aromatic heterocycles. The summed E-state index contributed by atoms with van der Waals surface area (Å²) in [5.41, 5.74) is 0.324. The molecule has 0 saturated heterocycles. The maximum Gasteiger partial charge on any atom is 0.294 e. The van der Waals surface area contributed by atoms with E-state index in [1.54, 1.807) is 29.9 Å². The molecule has 0 bridgehead atoms. The molecule has 8 heteroatoms. The van der Waals surface area contributed by atoms with Gasteiger partial charge < -0.3 is 14.4 Å². The summed E-state index contributed by atoms with van der Waals surface area (Å²) >= 11 is 1.48. The van der Waals surface area contributed by atoms with Crippen molar-refractivity contribution in [3.8, 4) is 10.8 Å². The van der Waals surface area contributed by atoms with Gasteiger partial charge in [-0.1, -0.05) is 11.2 Å². The first-order valence-corrected chi connectivity index (χ1v) is 7.33. The minimum absolute atomic E-state index is 0.0316. The number of nitrogens with one attached hydrogen (secondary N) is 1. The summed E-state index contributed by atoms with van der Waals surface area (Å²) < 4.78 is 6.69. The van der Waals surface area contributed by atoms with Crippen molar-refractivity contribution in [2.75, 3.05) is 0 Å². The monoisotopic (exact) mass is 316 g/mol. The van der Waals surface area contributed by atoms with Crippen LogP contribution in [-0.4, -0.2) is 26.4 Å². The van der Waals surface area contributed by atoms with Crippen LogP contribution in [0.2, 0.25) is 0 Å². The predicted molar refractivity (Wildman–Crippen MR) is 79.2 cm³/mol. The third kappa shape index (κ3) is 2.82. The Morgan fingerprint density at radius 3 is 2.91 bits per heavy atom. The molecule has 3 rings (SSSR count). The zero-order chi connectivity index (χ0) is 15.5. The average Bonchev–Trinajstić information content (AvgIpc) is 3.24. The summed E-state index contributed by atoms with van der Waals surface area (Å²) in [7, 11) is 1.70. The third-order valence-corrected chi connectivity index (χ3v) is 3.85. The molecule has 7 nitrogen and oxygen atoms in total. The maximum absolute atomic E-state index is 11.9. The van der Waals surface area contributed by atoms with E-state index in [0.717, 1.165) is 4.88 Å². The molecule has 0 aliphatic rings. The Hall–Kier alpha value is -2.74. The number of thiophene rings is 1. The van der Waals surface area contributed by atoms with Crippen LogP contribution in [-0.2, 0) is 18.4 Å². The van der Waals surface area contributed by atoms with Crippen LogP contribution in [0.3, 0.4) is 0 Å². The molecule has 1 N–H and O–H groups in total. The molecule has 3 aromatic rings. The minimum Gasteiger partial charge on any atom is -0.348 e. The predicted octanol–water partition coefficient (Wildman–Crippen LogP) is 1.64. The highest BCUT2D eigenvalue weighted by atomic mass is 32.1. The Morgan fingerprint density at radius 2 is 2.23 bits per heavy atom. The van der Waals surface area contributed by atoms with Crippen LogP contribution in [0.1, 0.15) is 16.3 Å². The van der Waals surface area contributed by atoms with Crippen molar-refractivity contribution < 1.29 is 14.1 Å². The van der Waals surface area contributed by atoms with Gasteiger partial charge >= 0.3 is 0 Å². The van der Waals surface area contributed by atoms with E-state index < -0.39 is 11.7 Å². The third-order valence-electron chi connectivity index (χ3n) is 2.99. The SMILES string of the molecule is Cn1cccc1C(=O)C(=O)NCc1noc(-c2cccs2)n1. The summed E-state index contributed by atoms with van der Waals surface area (Å²) in [4.78, 5) is 28.8. The summed E-state index contributed by atoms with van der Waals surface area (Å²) in [5.74, 6) is -0.594. The van der Waals surface area contributed by atoms with Crippen molar-refractivity contribution in [1.82, 2.24) is 20.0 Å². The van der Waals surface area contributed by atoms with E-state index in [0.29, 0.717) is 17.4 Å². The van der Waals surface area contributed by atoms with Crippen molar-refractivity contribution in [2.24, 2.45) is 7.05 Å². The van der Waals surface area contributed by atoms with Crippen LogP contribution in [0.25, 0.3) is 10.8 Å². The van der Waals surface area contributed by atoms with Gasteiger partial charge in [0.1, 0.15) is 0 Å². The van der Waals surface area contributed by atoms with E-state index in [2.05, 4.69) is 15.5 Å². The van der Waals surface area contributed by atoms with Gasteiger partial charge in [0, 0.05) is 13.2 Å². The van der Waals surface area contributed by atoms with E-state index in [1.165, 1.54) is 11.3 Å². The number of aryl methyl sites for hydroxylation is 1. The molecule has 22 heavy (non-hydrogen) atoms. The lowest BCUT2D eigenvalue weighted by Gasteiger charge is -2.02. The summed E-state index contributed by atoms with van der Waals surface area (Å²) in [6.45, 7) is 0.0316. The summed E-state index contributed by atoms with van der Waals surface area (Å²) in [6.07, 6.45) is 1.70. The van der Waals surface area contributed by atoms with Gasteiger partial charge in [0.25, 0.3) is 17.6 Å². The lowest BCUT2D eigenvalue weighted by molar-refractivity contribution is -0.117. The molecule has 0 spiro atoms. The Balaban J connectivity index is 1.62. The number of amides is 1.